The Hall–Kier alpha value is -2.90. The van der Waals surface area contributed by atoms with Gasteiger partial charge in [-0.1, -0.05) is 47.3 Å². The first-order chi connectivity index (χ1) is 15.3. The Bertz CT molecular complexity index is 1210. The van der Waals surface area contributed by atoms with Crippen LogP contribution in [0.15, 0.2) is 35.1 Å². The lowest BCUT2D eigenvalue weighted by Crippen LogP contribution is -2.35. The standard InChI is InChI=1S/C24H26ClN3O4/c1-14-9-15(2)11-16(10-14)22-23(32-8-6-17-5-3-4-7-26-17)18-12-21(28(30)31)19(25)13-20(18)27-24(22)29/h9-13,17,26H,3-8H2,1-2H3,(H,27,29)/t17-/m1/s1. The van der Waals surface area contributed by atoms with Gasteiger partial charge in [0.25, 0.3) is 11.2 Å². The smallest absolute Gasteiger partial charge is 0.288 e. The molecule has 0 radical (unpaired) electrons. The quantitative estimate of drug-likeness (QED) is 0.389. The van der Waals surface area contributed by atoms with Gasteiger partial charge in [-0.2, -0.15) is 0 Å². The van der Waals surface area contributed by atoms with Gasteiger partial charge in [0.15, 0.2) is 0 Å². The summed E-state index contributed by atoms with van der Waals surface area (Å²) in [7, 11) is 0. The molecule has 1 aliphatic heterocycles. The Morgan fingerprint density at radius 3 is 2.56 bits per heavy atom. The number of nitro groups is 1. The molecule has 0 saturated carbocycles. The highest BCUT2D eigenvalue weighted by Gasteiger charge is 2.22. The number of hydrogen-bond donors (Lipinski definition) is 2. The molecule has 7 nitrogen and oxygen atoms in total. The molecule has 1 fully saturated rings. The zero-order valence-corrected chi connectivity index (χ0v) is 18.9. The van der Waals surface area contributed by atoms with E-state index in [1.165, 1.54) is 25.0 Å². The summed E-state index contributed by atoms with van der Waals surface area (Å²) in [5.41, 5.74) is 2.98. The first kappa shape index (κ1) is 22.3. The fourth-order valence-electron chi connectivity index (χ4n) is 4.42. The maximum atomic E-state index is 13.1. The highest BCUT2D eigenvalue weighted by Crippen LogP contribution is 2.38. The molecule has 1 aliphatic rings. The van der Waals surface area contributed by atoms with Crippen LogP contribution in [-0.2, 0) is 0 Å². The van der Waals surface area contributed by atoms with Crippen LogP contribution < -0.4 is 15.6 Å². The van der Waals surface area contributed by atoms with Crippen LogP contribution in [0.3, 0.4) is 0 Å². The SMILES string of the molecule is Cc1cc(C)cc(-c2c(OCC[C@H]3CCCCN3)c3cc([N+](=O)[O-])c(Cl)cc3[nH]c2=O)c1. The maximum Gasteiger partial charge on any atom is 0.288 e. The average Bonchev–Trinajstić information content (AvgIpc) is 2.73. The second kappa shape index (κ2) is 9.30. The second-order valence-corrected chi connectivity index (χ2v) is 8.83. The van der Waals surface area contributed by atoms with Gasteiger partial charge in [-0.15, -0.1) is 0 Å². The summed E-state index contributed by atoms with van der Waals surface area (Å²) in [4.78, 5) is 27.0. The Morgan fingerprint density at radius 1 is 1.16 bits per heavy atom. The number of hydrogen-bond acceptors (Lipinski definition) is 5. The summed E-state index contributed by atoms with van der Waals surface area (Å²) in [6.07, 6.45) is 4.24. The number of aromatic nitrogens is 1. The Morgan fingerprint density at radius 2 is 1.91 bits per heavy atom. The summed E-state index contributed by atoms with van der Waals surface area (Å²) in [6.45, 7) is 5.32. The molecule has 0 unspecified atom stereocenters. The molecule has 3 aromatic rings. The normalized spacial score (nSPS) is 16.3. The van der Waals surface area contributed by atoms with Gasteiger partial charge in [-0.05, 0) is 51.3 Å². The minimum absolute atomic E-state index is 0.0327. The number of benzene rings is 2. The summed E-state index contributed by atoms with van der Waals surface area (Å²) in [5, 5.41) is 15.4. The van der Waals surface area contributed by atoms with E-state index in [1.54, 1.807) is 0 Å². The van der Waals surface area contributed by atoms with E-state index >= 15 is 0 Å². The van der Waals surface area contributed by atoms with Crippen LogP contribution in [-0.4, -0.2) is 29.1 Å². The van der Waals surface area contributed by atoms with Crippen LogP contribution in [0.4, 0.5) is 5.69 Å². The summed E-state index contributed by atoms with van der Waals surface area (Å²) >= 11 is 6.09. The van der Waals surface area contributed by atoms with Gasteiger partial charge in [0.05, 0.1) is 22.6 Å². The first-order valence-electron chi connectivity index (χ1n) is 10.8. The van der Waals surface area contributed by atoms with Gasteiger partial charge in [0, 0.05) is 17.5 Å². The molecule has 2 aromatic carbocycles. The van der Waals surface area contributed by atoms with Crippen molar-refractivity contribution in [2.45, 2.75) is 45.6 Å². The molecule has 1 atom stereocenters. The van der Waals surface area contributed by atoms with E-state index in [4.69, 9.17) is 16.3 Å². The topological polar surface area (TPSA) is 97.3 Å². The van der Waals surface area contributed by atoms with E-state index in [1.807, 2.05) is 32.0 Å². The first-order valence-corrected chi connectivity index (χ1v) is 11.2. The van der Waals surface area contributed by atoms with Gasteiger partial charge in [0.2, 0.25) is 0 Å². The van der Waals surface area contributed by atoms with E-state index in [0.29, 0.717) is 40.4 Å². The van der Waals surface area contributed by atoms with Crippen molar-refractivity contribution in [1.82, 2.24) is 10.3 Å². The number of pyridine rings is 1. The van der Waals surface area contributed by atoms with Crippen molar-refractivity contribution in [3.8, 4) is 16.9 Å². The predicted octanol–water partition coefficient (Wildman–Crippen LogP) is 5.28. The van der Waals surface area contributed by atoms with E-state index in [9.17, 15) is 14.9 Å². The van der Waals surface area contributed by atoms with E-state index in [0.717, 1.165) is 30.5 Å². The van der Waals surface area contributed by atoms with Gasteiger partial charge >= 0.3 is 0 Å². The van der Waals surface area contributed by atoms with Gasteiger partial charge in [0.1, 0.15) is 10.8 Å². The fourth-order valence-corrected chi connectivity index (χ4v) is 4.65. The maximum absolute atomic E-state index is 13.1. The van der Waals surface area contributed by atoms with E-state index in [2.05, 4.69) is 10.3 Å². The number of nitrogens with zero attached hydrogens (tertiary/aromatic N) is 1. The Balaban J connectivity index is 1.85. The summed E-state index contributed by atoms with van der Waals surface area (Å²) in [5.74, 6) is 0.351. The summed E-state index contributed by atoms with van der Waals surface area (Å²) < 4.78 is 6.22. The van der Waals surface area contributed by atoms with E-state index < -0.39 is 4.92 Å². The van der Waals surface area contributed by atoms with Gasteiger partial charge in [-0.3, -0.25) is 14.9 Å². The molecule has 2 heterocycles. The molecule has 1 aromatic heterocycles. The van der Waals surface area contributed by atoms with Crippen LogP contribution in [0, 0.1) is 24.0 Å². The molecule has 168 valence electrons. The van der Waals surface area contributed by atoms with Crippen molar-refractivity contribution in [3.63, 3.8) is 0 Å². The zero-order valence-electron chi connectivity index (χ0n) is 18.2. The van der Waals surface area contributed by atoms with Crippen LogP contribution in [0.25, 0.3) is 22.0 Å². The van der Waals surface area contributed by atoms with Crippen molar-refractivity contribution >= 4 is 28.2 Å². The molecular formula is C24H26ClN3O4. The number of aryl methyl sites for hydroxylation is 2. The molecule has 1 saturated heterocycles. The predicted molar refractivity (Wildman–Crippen MR) is 127 cm³/mol. The highest BCUT2D eigenvalue weighted by molar-refractivity contribution is 6.33. The van der Waals surface area contributed by atoms with Crippen LogP contribution in [0.5, 0.6) is 5.75 Å². The third-order valence-corrected chi connectivity index (χ3v) is 6.17. The summed E-state index contributed by atoms with van der Waals surface area (Å²) in [6, 6.07) is 9.03. The van der Waals surface area contributed by atoms with Crippen LogP contribution in [0.1, 0.15) is 36.8 Å². The number of halogens is 1. The third-order valence-electron chi connectivity index (χ3n) is 5.87. The minimum Gasteiger partial charge on any atom is -0.492 e. The largest absolute Gasteiger partial charge is 0.492 e. The number of ether oxygens (including phenoxy) is 1. The van der Waals surface area contributed by atoms with Crippen molar-refractivity contribution in [2.75, 3.05) is 13.2 Å². The minimum atomic E-state index is -0.529. The molecule has 4 rings (SSSR count). The Kier molecular flexibility index (Phi) is 6.48. The number of H-pyrrole nitrogens is 1. The molecule has 0 bridgehead atoms. The monoisotopic (exact) mass is 455 g/mol. The Labute approximate surface area is 190 Å². The third kappa shape index (κ3) is 4.64. The number of nitro benzene ring substituents is 1. The number of nitrogens with one attached hydrogen (secondary N) is 2. The number of piperidine rings is 1. The van der Waals surface area contributed by atoms with Crippen molar-refractivity contribution < 1.29 is 9.66 Å². The molecule has 8 heteroatoms. The van der Waals surface area contributed by atoms with E-state index in [-0.39, 0.29) is 16.3 Å². The molecule has 0 spiro atoms. The zero-order chi connectivity index (χ0) is 22.8. The lowest BCUT2D eigenvalue weighted by Gasteiger charge is -2.23. The lowest BCUT2D eigenvalue weighted by molar-refractivity contribution is -0.384. The van der Waals surface area contributed by atoms with Crippen LogP contribution >= 0.6 is 11.6 Å². The van der Waals surface area contributed by atoms with Crippen LogP contribution in [0.2, 0.25) is 5.02 Å². The molecule has 32 heavy (non-hydrogen) atoms. The number of rotatable bonds is 6. The average molecular weight is 456 g/mol. The highest BCUT2D eigenvalue weighted by atomic mass is 35.5. The van der Waals surface area contributed by atoms with Crippen molar-refractivity contribution in [2.24, 2.45) is 0 Å². The molecule has 0 aliphatic carbocycles. The number of fused-ring (bicyclic) bond motifs is 1. The van der Waals surface area contributed by atoms with Gasteiger partial charge in [-0.25, -0.2) is 0 Å². The van der Waals surface area contributed by atoms with Crippen molar-refractivity contribution in [1.29, 1.82) is 0 Å². The molecule has 0 amide bonds. The second-order valence-electron chi connectivity index (χ2n) is 8.42. The molecule has 2 N–H and O–H groups in total. The van der Waals surface area contributed by atoms with Gasteiger partial charge < -0.3 is 15.0 Å². The number of aromatic amines is 1. The fraction of sp³-hybridized carbons (Fsp3) is 0.375. The molecular weight excluding hydrogens is 430 g/mol. The van der Waals surface area contributed by atoms with Crippen molar-refractivity contribution in [3.05, 3.63) is 66.9 Å². The lowest BCUT2D eigenvalue weighted by atomic mass is 9.99.